The predicted octanol–water partition coefficient (Wildman–Crippen LogP) is 4.38. The quantitative estimate of drug-likeness (QED) is 0.619. The van der Waals surface area contributed by atoms with Crippen LogP contribution in [0.25, 0.3) is 11.0 Å². The number of aryl methyl sites for hydroxylation is 3. The van der Waals surface area contributed by atoms with E-state index >= 15 is 0 Å². The van der Waals surface area contributed by atoms with Crippen molar-refractivity contribution in [1.29, 1.82) is 0 Å². The predicted molar refractivity (Wildman–Crippen MR) is 99.6 cm³/mol. The Balaban J connectivity index is 1.85. The van der Waals surface area contributed by atoms with Crippen LogP contribution in [0.3, 0.4) is 0 Å². The molecule has 0 aliphatic carbocycles. The minimum Gasteiger partial charge on any atom is -0.472 e. The zero-order valence-electron chi connectivity index (χ0n) is 15.0. The van der Waals surface area contributed by atoms with Gasteiger partial charge in [-0.25, -0.2) is 4.79 Å². The molecule has 25 heavy (non-hydrogen) atoms. The van der Waals surface area contributed by atoms with Crippen LogP contribution in [-0.2, 0) is 6.54 Å². The summed E-state index contributed by atoms with van der Waals surface area (Å²) in [6, 6.07) is 10.5. The van der Waals surface area contributed by atoms with Crippen molar-refractivity contribution in [3.8, 4) is 5.75 Å². The summed E-state index contributed by atoms with van der Waals surface area (Å²) in [6.45, 7) is 9.09. The summed E-state index contributed by atoms with van der Waals surface area (Å²) in [5.41, 5.74) is 6.40. The number of benzene rings is 2. The molecule has 1 aliphatic rings. The topological polar surface area (TPSA) is 42.7 Å². The zero-order valence-corrected chi connectivity index (χ0v) is 15.0. The number of ether oxygens (including phenoxy) is 1. The molecule has 0 N–H and O–H groups in total. The Morgan fingerprint density at radius 2 is 1.80 bits per heavy atom. The van der Waals surface area contributed by atoms with Gasteiger partial charge < -0.3 is 14.1 Å². The lowest BCUT2D eigenvalue weighted by Crippen LogP contribution is -2.32. The molecule has 2 aromatic carbocycles. The molecule has 2 heterocycles. The molecule has 0 saturated heterocycles. The Hall–Kier alpha value is -2.75. The molecule has 4 heteroatoms. The van der Waals surface area contributed by atoms with Gasteiger partial charge in [-0.1, -0.05) is 12.1 Å². The third kappa shape index (κ3) is 2.49. The van der Waals surface area contributed by atoms with Crippen LogP contribution in [0.5, 0.6) is 5.75 Å². The van der Waals surface area contributed by atoms with Crippen molar-refractivity contribution in [3.63, 3.8) is 0 Å². The molecular weight excluding hydrogens is 314 g/mol. The molecule has 0 fully saturated rings. The van der Waals surface area contributed by atoms with Crippen molar-refractivity contribution in [2.24, 2.45) is 0 Å². The van der Waals surface area contributed by atoms with E-state index < -0.39 is 0 Å². The molecule has 0 radical (unpaired) electrons. The van der Waals surface area contributed by atoms with E-state index in [0.29, 0.717) is 17.9 Å². The third-order valence-electron chi connectivity index (χ3n) is 5.10. The van der Waals surface area contributed by atoms with Crippen molar-refractivity contribution in [2.75, 3.05) is 11.6 Å². The molecule has 3 aromatic rings. The second kappa shape index (κ2) is 5.66. The highest BCUT2D eigenvalue weighted by Crippen LogP contribution is 2.37. The van der Waals surface area contributed by atoms with Crippen LogP contribution < -0.4 is 15.3 Å². The van der Waals surface area contributed by atoms with E-state index in [1.807, 2.05) is 20.8 Å². The maximum atomic E-state index is 12.0. The van der Waals surface area contributed by atoms with Gasteiger partial charge in [0.05, 0.1) is 0 Å². The van der Waals surface area contributed by atoms with E-state index in [0.717, 1.165) is 40.1 Å². The van der Waals surface area contributed by atoms with Gasteiger partial charge in [-0.05, 0) is 57.0 Å². The minimum absolute atomic E-state index is 0.273. The van der Waals surface area contributed by atoms with Crippen LogP contribution >= 0.6 is 0 Å². The second-order valence-electron chi connectivity index (χ2n) is 6.82. The lowest BCUT2D eigenvalue weighted by Gasteiger charge is -2.32. The average molecular weight is 335 g/mol. The van der Waals surface area contributed by atoms with Crippen molar-refractivity contribution in [1.82, 2.24) is 0 Å². The first-order valence-electron chi connectivity index (χ1n) is 8.46. The number of nitrogens with zero attached hydrogens (tertiary/aromatic N) is 1. The molecule has 0 amide bonds. The fourth-order valence-corrected chi connectivity index (χ4v) is 3.49. The van der Waals surface area contributed by atoms with Gasteiger partial charge in [0.2, 0.25) is 0 Å². The van der Waals surface area contributed by atoms with Gasteiger partial charge in [0.25, 0.3) is 0 Å². The van der Waals surface area contributed by atoms with Gasteiger partial charge in [-0.2, -0.15) is 0 Å². The highest BCUT2D eigenvalue weighted by atomic mass is 16.5. The number of fused-ring (bicyclic) bond motifs is 2. The normalized spacial score (nSPS) is 13.7. The zero-order chi connectivity index (χ0) is 17.7. The van der Waals surface area contributed by atoms with Crippen molar-refractivity contribution in [2.45, 2.75) is 34.2 Å². The number of anilines is 1. The maximum absolute atomic E-state index is 12.0. The number of hydrogen-bond acceptors (Lipinski definition) is 4. The van der Waals surface area contributed by atoms with Crippen LogP contribution in [0.2, 0.25) is 0 Å². The highest BCUT2D eigenvalue weighted by Gasteiger charge is 2.23. The van der Waals surface area contributed by atoms with Crippen LogP contribution in [-0.4, -0.2) is 6.73 Å². The first-order valence-corrected chi connectivity index (χ1v) is 8.46. The first-order chi connectivity index (χ1) is 12.0. The Bertz CT molecular complexity index is 1050. The van der Waals surface area contributed by atoms with Crippen molar-refractivity contribution < 1.29 is 9.15 Å². The molecule has 0 spiro atoms. The monoisotopic (exact) mass is 335 g/mol. The molecule has 0 saturated carbocycles. The summed E-state index contributed by atoms with van der Waals surface area (Å²) >= 11 is 0. The summed E-state index contributed by atoms with van der Waals surface area (Å²) < 4.78 is 11.6. The lowest BCUT2D eigenvalue weighted by molar-refractivity contribution is 0.287. The minimum atomic E-state index is -0.273. The first kappa shape index (κ1) is 15.8. The Morgan fingerprint density at radius 1 is 1.00 bits per heavy atom. The van der Waals surface area contributed by atoms with Crippen LogP contribution in [0.4, 0.5) is 5.69 Å². The van der Waals surface area contributed by atoms with Gasteiger partial charge in [0.15, 0.2) is 6.73 Å². The van der Waals surface area contributed by atoms with Crippen LogP contribution in [0.15, 0.2) is 39.5 Å². The molecule has 1 aliphatic heterocycles. The molecule has 0 bridgehead atoms. The van der Waals surface area contributed by atoms with Gasteiger partial charge in [-0.15, -0.1) is 0 Å². The molecule has 4 nitrogen and oxygen atoms in total. The summed E-state index contributed by atoms with van der Waals surface area (Å²) in [5.74, 6) is 0.836. The fraction of sp³-hybridized carbons (Fsp3) is 0.286. The second-order valence-corrected chi connectivity index (χ2v) is 6.82. The smallest absolute Gasteiger partial charge is 0.339 e. The van der Waals surface area contributed by atoms with Gasteiger partial charge >= 0.3 is 5.63 Å². The molecule has 0 atom stereocenters. The largest absolute Gasteiger partial charge is 0.472 e. The van der Waals surface area contributed by atoms with Crippen LogP contribution in [0, 0.1) is 27.7 Å². The van der Waals surface area contributed by atoms with Gasteiger partial charge in [0, 0.05) is 34.3 Å². The maximum Gasteiger partial charge on any atom is 0.339 e. The van der Waals surface area contributed by atoms with E-state index in [4.69, 9.17) is 9.15 Å². The standard InChI is InChI=1S/C21H21NO3/c1-12-6-5-7-17(8-12)22-10-16-9-18-13(2)14(3)21(23)25-20(18)15(4)19(16)24-11-22/h5-9H,10-11H2,1-4H3. The van der Waals surface area contributed by atoms with E-state index in [2.05, 4.69) is 42.2 Å². The molecule has 0 unspecified atom stereocenters. The molecule has 4 rings (SSSR count). The Morgan fingerprint density at radius 3 is 2.56 bits per heavy atom. The fourth-order valence-electron chi connectivity index (χ4n) is 3.49. The summed E-state index contributed by atoms with van der Waals surface area (Å²) in [4.78, 5) is 14.2. The molecule has 128 valence electrons. The van der Waals surface area contributed by atoms with E-state index in [1.54, 1.807) is 0 Å². The summed E-state index contributed by atoms with van der Waals surface area (Å²) in [5, 5.41) is 0.989. The van der Waals surface area contributed by atoms with Gasteiger partial charge in [0.1, 0.15) is 11.3 Å². The summed E-state index contributed by atoms with van der Waals surface area (Å²) in [7, 11) is 0. The van der Waals surface area contributed by atoms with E-state index in [1.165, 1.54) is 5.56 Å². The Labute approximate surface area is 146 Å². The van der Waals surface area contributed by atoms with Gasteiger partial charge in [-0.3, -0.25) is 0 Å². The van der Waals surface area contributed by atoms with E-state index in [-0.39, 0.29) is 5.63 Å². The Kier molecular flexibility index (Phi) is 3.57. The SMILES string of the molecule is Cc1cccc(N2COc3c(cc4c(C)c(C)c(=O)oc4c3C)C2)c1. The average Bonchev–Trinajstić information content (AvgIpc) is 2.61. The van der Waals surface area contributed by atoms with Crippen LogP contribution in [0.1, 0.15) is 27.8 Å². The molecular formula is C21H21NO3. The third-order valence-corrected chi connectivity index (χ3v) is 5.10. The lowest BCUT2D eigenvalue weighted by atomic mass is 9.99. The summed E-state index contributed by atoms with van der Waals surface area (Å²) in [6.07, 6.45) is 0. The molecule has 1 aromatic heterocycles. The number of hydrogen-bond donors (Lipinski definition) is 0. The van der Waals surface area contributed by atoms with Crippen molar-refractivity contribution in [3.05, 3.63) is 68.6 Å². The van der Waals surface area contributed by atoms with Crippen molar-refractivity contribution >= 4 is 16.7 Å². The van der Waals surface area contributed by atoms with E-state index in [9.17, 15) is 4.79 Å². The highest BCUT2D eigenvalue weighted by molar-refractivity contribution is 5.87. The number of rotatable bonds is 1.